The fourth-order valence-electron chi connectivity index (χ4n) is 2.31. The van der Waals surface area contributed by atoms with Crippen LogP contribution in [0.5, 0.6) is 0 Å². The van der Waals surface area contributed by atoms with Gasteiger partial charge in [0, 0.05) is 5.56 Å². The molecule has 23 heavy (non-hydrogen) atoms. The average Bonchev–Trinajstić information content (AvgIpc) is 2.93. The number of aliphatic hydroxyl groups excluding tert-OH is 4. The molecule has 0 saturated carbocycles. The van der Waals surface area contributed by atoms with E-state index in [2.05, 4.69) is 0 Å². The first-order valence-corrected chi connectivity index (χ1v) is 7.15. The van der Waals surface area contributed by atoms with E-state index in [9.17, 15) is 25.2 Å². The van der Waals surface area contributed by atoms with Crippen LogP contribution < -0.4 is 0 Å². The molecule has 8 heteroatoms. The lowest BCUT2D eigenvalue weighted by Gasteiger charge is -2.38. The molecular formula is C15H20O8. The van der Waals surface area contributed by atoms with E-state index < -0.39 is 43.3 Å². The van der Waals surface area contributed by atoms with Gasteiger partial charge in [-0.3, -0.25) is 0 Å². The van der Waals surface area contributed by atoms with E-state index >= 15 is 0 Å². The molecule has 8 nitrogen and oxygen atoms in total. The highest BCUT2D eigenvalue weighted by Crippen LogP contribution is 2.25. The topological polar surface area (TPSA) is 130 Å². The Morgan fingerprint density at radius 3 is 2.61 bits per heavy atom. The van der Waals surface area contributed by atoms with Crippen molar-refractivity contribution in [3.63, 3.8) is 0 Å². The number of carbonyl (C=O) groups excluding carboxylic acids is 1. The van der Waals surface area contributed by atoms with Gasteiger partial charge < -0.3 is 34.3 Å². The summed E-state index contributed by atoms with van der Waals surface area (Å²) >= 11 is 0. The molecule has 0 amide bonds. The minimum absolute atomic E-state index is 0.00895. The Labute approximate surface area is 132 Å². The lowest BCUT2D eigenvalue weighted by molar-refractivity contribution is -0.276. The van der Waals surface area contributed by atoms with Crippen molar-refractivity contribution in [3.8, 4) is 0 Å². The maximum absolute atomic E-state index is 12.3. The molecule has 128 valence electrons. The van der Waals surface area contributed by atoms with Gasteiger partial charge in [-0.05, 0) is 19.9 Å². The molecule has 1 aliphatic rings. The molecule has 1 aliphatic heterocycles. The number of hydrogen-bond donors (Lipinski definition) is 4. The Balaban J connectivity index is 2.20. The van der Waals surface area contributed by atoms with Crippen molar-refractivity contribution in [1.82, 2.24) is 0 Å². The number of carbonyl (C=O) groups is 1. The van der Waals surface area contributed by atoms with Crippen molar-refractivity contribution < 1.29 is 39.1 Å². The van der Waals surface area contributed by atoms with Crippen LogP contribution in [0.2, 0.25) is 0 Å². The molecular weight excluding hydrogens is 308 g/mol. The van der Waals surface area contributed by atoms with E-state index in [0.29, 0.717) is 0 Å². The quantitative estimate of drug-likeness (QED) is 0.559. The number of esters is 1. The van der Waals surface area contributed by atoms with Gasteiger partial charge in [-0.25, -0.2) is 4.79 Å². The van der Waals surface area contributed by atoms with Crippen LogP contribution in [0.3, 0.4) is 0 Å². The smallest absolute Gasteiger partial charge is 0.344 e. The summed E-state index contributed by atoms with van der Waals surface area (Å²) < 4.78 is 15.5. The Bertz CT molecular complexity index is 578. The number of ether oxygens (including phenoxy) is 2. The average molecular weight is 328 g/mol. The summed E-state index contributed by atoms with van der Waals surface area (Å²) in [6.07, 6.45) is -2.28. The molecule has 0 aromatic carbocycles. The molecule has 0 aliphatic carbocycles. The highest BCUT2D eigenvalue weighted by Gasteiger charge is 2.44. The van der Waals surface area contributed by atoms with Gasteiger partial charge in [0.25, 0.3) is 0 Å². The summed E-state index contributed by atoms with van der Waals surface area (Å²) in [6.45, 7) is 2.77. The molecule has 1 aromatic heterocycles. The van der Waals surface area contributed by atoms with Crippen molar-refractivity contribution in [1.29, 1.82) is 0 Å². The minimum atomic E-state index is -1.60. The van der Waals surface area contributed by atoms with Crippen LogP contribution in [0.4, 0.5) is 0 Å². The van der Waals surface area contributed by atoms with Crippen LogP contribution >= 0.6 is 0 Å². The van der Waals surface area contributed by atoms with Crippen molar-refractivity contribution in [3.05, 3.63) is 29.2 Å². The van der Waals surface area contributed by atoms with Gasteiger partial charge in [-0.1, -0.05) is 6.08 Å². The number of rotatable bonds is 4. The molecule has 0 radical (unpaired) electrons. The zero-order chi connectivity index (χ0) is 17.1. The minimum Gasteiger partial charge on any atom is -0.464 e. The van der Waals surface area contributed by atoms with Gasteiger partial charge in [0.15, 0.2) is 0 Å². The third-order valence-corrected chi connectivity index (χ3v) is 3.62. The van der Waals surface area contributed by atoms with Crippen molar-refractivity contribution in [2.45, 2.75) is 51.2 Å². The third-order valence-electron chi connectivity index (χ3n) is 3.62. The standard InChI is InChI=1S/C15H20O8/c1-3-4-9-10(8(5-16)6-21-9)14(20)23-15-13(19)12(18)11(17)7(2)22-15/h3-4,6-7,11-13,15-19H,5H2,1-2H3/b4-3+/t7-,11-,12+,13-,15+/m0/s1. The van der Waals surface area contributed by atoms with E-state index in [0.717, 1.165) is 0 Å². The molecule has 1 aromatic rings. The van der Waals surface area contributed by atoms with Crippen molar-refractivity contribution >= 4 is 12.0 Å². The Hall–Kier alpha value is -1.71. The number of hydrogen-bond acceptors (Lipinski definition) is 8. The molecule has 1 saturated heterocycles. The van der Waals surface area contributed by atoms with E-state index in [1.165, 1.54) is 19.3 Å². The monoisotopic (exact) mass is 328 g/mol. The highest BCUT2D eigenvalue weighted by atomic mass is 16.7. The van der Waals surface area contributed by atoms with Gasteiger partial charge in [0.05, 0.1) is 19.0 Å². The van der Waals surface area contributed by atoms with E-state index in [-0.39, 0.29) is 16.9 Å². The van der Waals surface area contributed by atoms with Crippen LogP contribution in [0.25, 0.3) is 6.08 Å². The predicted octanol–water partition coefficient (Wildman–Crippen LogP) is -0.211. The molecule has 0 bridgehead atoms. The van der Waals surface area contributed by atoms with Crippen LogP contribution in [0, 0.1) is 0 Å². The maximum atomic E-state index is 12.3. The zero-order valence-corrected chi connectivity index (χ0v) is 12.7. The van der Waals surface area contributed by atoms with Gasteiger partial charge in [0.2, 0.25) is 6.29 Å². The summed E-state index contributed by atoms with van der Waals surface area (Å²) in [5.41, 5.74) is 0.233. The first-order chi connectivity index (χ1) is 10.9. The van der Waals surface area contributed by atoms with E-state index in [4.69, 9.17) is 13.9 Å². The fraction of sp³-hybridized carbons (Fsp3) is 0.533. The molecule has 2 heterocycles. The molecule has 5 atom stereocenters. The molecule has 4 N–H and O–H groups in total. The van der Waals surface area contributed by atoms with Gasteiger partial charge in [-0.15, -0.1) is 0 Å². The number of furan rings is 1. The summed E-state index contributed by atoms with van der Waals surface area (Å²) in [4.78, 5) is 12.3. The van der Waals surface area contributed by atoms with E-state index in [1.807, 2.05) is 0 Å². The normalized spacial score (nSPS) is 31.5. The van der Waals surface area contributed by atoms with Gasteiger partial charge in [0.1, 0.15) is 29.6 Å². The second-order valence-electron chi connectivity index (χ2n) is 5.24. The van der Waals surface area contributed by atoms with Crippen LogP contribution in [-0.2, 0) is 16.1 Å². The summed E-state index contributed by atoms with van der Waals surface area (Å²) in [6, 6.07) is 0. The van der Waals surface area contributed by atoms with E-state index in [1.54, 1.807) is 13.0 Å². The van der Waals surface area contributed by atoms with Crippen molar-refractivity contribution in [2.75, 3.05) is 0 Å². The second kappa shape index (κ2) is 7.24. The largest absolute Gasteiger partial charge is 0.464 e. The molecule has 2 rings (SSSR count). The van der Waals surface area contributed by atoms with Crippen LogP contribution in [0.15, 0.2) is 16.8 Å². The van der Waals surface area contributed by atoms with Crippen LogP contribution in [-0.4, -0.2) is 57.1 Å². The molecule has 0 spiro atoms. The summed E-state index contributed by atoms with van der Waals surface area (Å²) in [7, 11) is 0. The third kappa shape index (κ3) is 3.46. The first-order valence-electron chi connectivity index (χ1n) is 7.15. The lowest BCUT2D eigenvalue weighted by atomic mass is 10.00. The summed E-state index contributed by atoms with van der Waals surface area (Å²) in [5.74, 6) is -0.684. The lowest BCUT2D eigenvalue weighted by Crippen LogP contribution is -2.57. The summed E-state index contributed by atoms with van der Waals surface area (Å²) in [5, 5.41) is 38.5. The maximum Gasteiger partial charge on any atom is 0.344 e. The number of allylic oxidation sites excluding steroid dienone is 1. The van der Waals surface area contributed by atoms with Crippen molar-refractivity contribution in [2.24, 2.45) is 0 Å². The van der Waals surface area contributed by atoms with Gasteiger partial charge in [-0.2, -0.15) is 0 Å². The first kappa shape index (κ1) is 17.6. The second-order valence-corrected chi connectivity index (χ2v) is 5.24. The Morgan fingerprint density at radius 2 is 2.00 bits per heavy atom. The molecule has 0 unspecified atom stereocenters. The SMILES string of the molecule is C/C=C/c1occ(CO)c1C(=O)O[C@H]1O[C@@H](C)[C@H](O)[C@@H](O)[C@@H]1O. The number of aliphatic hydroxyl groups is 4. The Kier molecular flexibility index (Phi) is 5.55. The highest BCUT2D eigenvalue weighted by molar-refractivity contribution is 5.94. The predicted molar refractivity (Wildman–Crippen MR) is 77.1 cm³/mol. The zero-order valence-electron chi connectivity index (χ0n) is 12.7. The Morgan fingerprint density at radius 1 is 1.30 bits per heavy atom. The van der Waals surface area contributed by atoms with Crippen LogP contribution in [0.1, 0.15) is 35.5 Å². The van der Waals surface area contributed by atoms with Gasteiger partial charge >= 0.3 is 5.97 Å². The molecule has 1 fully saturated rings. The fourth-order valence-corrected chi connectivity index (χ4v) is 2.31.